The number of nitro groups is 1. The van der Waals surface area contributed by atoms with Crippen LogP contribution in [0.2, 0.25) is 0 Å². The monoisotopic (exact) mass is 499 g/mol. The Kier molecular flexibility index (Phi) is 8.03. The maximum absolute atomic E-state index is 10.9. The fraction of sp³-hybridized carbons (Fsp3) is 0.444. The third-order valence-electron chi connectivity index (χ3n) is 4.62. The van der Waals surface area contributed by atoms with Gasteiger partial charge in [-0.1, -0.05) is 12.1 Å². The Morgan fingerprint density at radius 3 is 2.96 bits per heavy atom. The second-order valence-corrected chi connectivity index (χ2v) is 6.65. The van der Waals surface area contributed by atoms with Crippen molar-refractivity contribution in [1.82, 2.24) is 20.4 Å². The Morgan fingerprint density at radius 2 is 2.29 bits per heavy atom. The third kappa shape index (κ3) is 5.81. The van der Waals surface area contributed by atoms with Crippen molar-refractivity contribution in [3.8, 4) is 0 Å². The van der Waals surface area contributed by atoms with Crippen molar-refractivity contribution in [2.45, 2.75) is 25.4 Å². The van der Waals surface area contributed by atoms with Gasteiger partial charge in [-0.3, -0.25) is 19.8 Å². The summed E-state index contributed by atoms with van der Waals surface area (Å²) < 4.78 is 1.81. The molecule has 0 bridgehead atoms. The summed E-state index contributed by atoms with van der Waals surface area (Å²) in [5.41, 5.74) is 2.06. The van der Waals surface area contributed by atoms with E-state index in [0.29, 0.717) is 12.5 Å². The molecular formula is C18H26IN7O2. The van der Waals surface area contributed by atoms with Gasteiger partial charge in [0.15, 0.2) is 5.96 Å². The molecule has 1 atom stereocenters. The first-order valence-electron chi connectivity index (χ1n) is 8.99. The van der Waals surface area contributed by atoms with Crippen molar-refractivity contribution >= 4 is 41.3 Å². The number of halogens is 1. The molecule has 1 aromatic heterocycles. The van der Waals surface area contributed by atoms with Crippen molar-refractivity contribution in [2.24, 2.45) is 12.0 Å². The summed E-state index contributed by atoms with van der Waals surface area (Å²) in [5.74, 6) is 0.694. The molecule has 1 aliphatic heterocycles. The lowest BCUT2D eigenvalue weighted by Crippen LogP contribution is -2.51. The van der Waals surface area contributed by atoms with Crippen molar-refractivity contribution in [1.29, 1.82) is 0 Å². The number of hydrogen-bond acceptors (Lipinski definition) is 5. The number of guanidine groups is 1. The van der Waals surface area contributed by atoms with Gasteiger partial charge in [0.25, 0.3) is 5.69 Å². The lowest BCUT2D eigenvalue weighted by atomic mass is 10.1. The average molecular weight is 499 g/mol. The minimum atomic E-state index is -0.383. The van der Waals surface area contributed by atoms with Crippen LogP contribution in [0.4, 0.5) is 11.4 Å². The quantitative estimate of drug-likeness (QED) is 0.215. The summed E-state index contributed by atoms with van der Waals surface area (Å²) in [5, 5.41) is 21.8. The highest BCUT2D eigenvalue weighted by atomic mass is 127. The normalized spacial score (nSPS) is 17.0. The Morgan fingerprint density at radius 1 is 1.46 bits per heavy atom. The minimum absolute atomic E-state index is 0. The predicted octanol–water partition coefficient (Wildman–Crippen LogP) is 2.28. The highest BCUT2D eigenvalue weighted by Gasteiger charge is 2.21. The van der Waals surface area contributed by atoms with Crippen LogP contribution < -0.4 is 15.5 Å². The van der Waals surface area contributed by atoms with Gasteiger partial charge in [0.1, 0.15) is 0 Å². The molecule has 1 aliphatic rings. The number of aliphatic imine (C=N–C) groups is 1. The summed E-state index contributed by atoms with van der Waals surface area (Å²) in [6.45, 7) is 2.37. The number of nitro benzene ring substituents is 1. The Bertz CT molecular complexity index is 824. The van der Waals surface area contributed by atoms with Gasteiger partial charge in [-0.25, -0.2) is 0 Å². The van der Waals surface area contributed by atoms with Crippen LogP contribution in [0.25, 0.3) is 0 Å². The van der Waals surface area contributed by atoms with E-state index in [-0.39, 0.29) is 40.6 Å². The van der Waals surface area contributed by atoms with Gasteiger partial charge in [-0.05, 0) is 18.4 Å². The predicted molar refractivity (Wildman–Crippen MR) is 120 cm³/mol. The number of nitrogens with one attached hydrogen (secondary N) is 2. The van der Waals surface area contributed by atoms with Crippen LogP contribution >= 0.6 is 24.0 Å². The lowest BCUT2D eigenvalue weighted by molar-refractivity contribution is -0.384. The van der Waals surface area contributed by atoms with Gasteiger partial charge in [0.05, 0.1) is 16.8 Å². The molecule has 2 heterocycles. The van der Waals surface area contributed by atoms with Crippen LogP contribution in [0.15, 0.2) is 41.7 Å². The van der Waals surface area contributed by atoms with Crippen LogP contribution in [0.3, 0.4) is 0 Å². The van der Waals surface area contributed by atoms with Gasteiger partial charge >= 0.3 is 0 Å². The first-order valence-corrected chi connectivity index (χ1v) is 8.99. The molecule has 0 amide bonds. The Labute approximate surface area is 181 Å². The summed E-state index contributed by atoms with van der Waals surface area (Å²) in [4.78, 5) is 17.1. The standard InChI is InChI=1S/C18H25N7O2.HI/c1-19-18(20-10-14-5-3-7-16(9-14)25(26)27)22-15-6-4-8-24(12-15)17-11-21-23(2)13-17;/h3,5,7,9,11,13,15H,4,6,8,10,12H2,1-2H3,(H2,19,20,22);1H. The molecule has 10 heteroatoms. The molecule has 9 nitrogen and oxygen atoms in total. The number of piperidine rings is 1. The van der Waals surface area contributed by atoms with Crippen LogP contribution in [-0.4, -0.2) is 46.8 Å². The molecular weight excluding hydrogens is 473 g/mol. The van der Waals surface area contributed by atoms with E-state index >= 15 is 0 Å². The van der Waals surface area contributed by atoms with Crippen molar-refractivity contribution in [2.75, 3.05) is 25.0 Å². The zero-order valence-electron chi connectivity index (χ0n) is 16.0. The van der Waals surface area contributed by atoms with E-state index in [0.717, 1.165) is 37.2 Å². The molecule has 1 fully saturated rings. The third-order valence-corrected chi connectivity index (χ3v) is 4.62. The minimum Gasteiger partial charge on any atom is -0.367 e. The molecule has 2 N–H and O–H groups in total. The number of non-ortho nitro benzene ring substituents is 1. The topological polar surface area (TPSA) is 101 Å². The second-order valence-electron chi connectivity index (χ2n) is 6.65. The zero-order valence-corrected chi connectivity index (χ0v) is 18.4. The van der Waals surface area contributed by atoms with Crippen molar-refractivity contribution in [3.05, 3.63) is 52.3 Å². The number of nitrogens with zero attached hydrogens (tertiary/aromatic N) is 5. The number of rotatable bonds is 5. The highest BCUT2D eigenvalue weighted by molar-refractivity contribution is 14.0. The summed E-state index contributed by atoms with van der Waals surface area (Å²) >= 11 is 0. The number of aromatic nitrogens is 2. The van der Waals surface area contributed by atoms with Crippen LogP contribution in [0.5, 0.6) is 0 Å². The molecule has 0 aliphatic carbocycles. The van der Waals surface area contributed by atoms with Crippen LogP contribution in [-0.2, 0) is 13.6 Å². The van der Waals surface area contributed by atoms with Crippen LogP contribution in [0.1, 0.15) is 18.4 Å². The first kappa shape index (κ1) is 21.9. The summed E-state index contributed by atoms with van der Waals surface area (Å²) in [7, 11) is 3.65. The highest BCUT2D eigenvalue weighted by Crippen LogP contribution is 2.19. The molecule has 3 rings (SSSR count). The van der Waals surface area contributed by atoms with E-state index in [4.69, 9.17) is 0 Å². The molecule has 2 aromatic rings. The summed E-state index contributed by atoms with van der Waals surface area (Å²) in [6.07, 6.45) is 6.07. The van der Waals surface area contributed by atoms with E-state index in [1.54, 1.807) is 19.2 Å². The van der Waals surface area contributed by atoms with Gasteiger partial charge in [-0.2, -0.15) is 5.10 Å². The number of hydrogen-bond donors (Lipinski definition) is 2. The van der Waals surface area contributed by atoms with Crippen molar-refractivity contribution in [3.63, 3.8) is 0 Å². The largest absolute Gasteiger partial charge is 0.367 e. The average Bonchev–Trinajstić information content (AvgIpc) is 3.12. The maximum Gasteiger partial charge on any atom is 0.269 e. The molecule has 1 saturated heterocycles. The van der Waals surface area contributed by atoms with E-state index in [2.05, 4.69) is 25.6 Å². The molecule has 1 aromatic carbocycles. The smallest absolute Gasteiger partial charge is 0.269 e. The molecule has 0 saturated carbocycles. The van der Waals surface area contributed by atoms with E-state index < -0.39 is 0 Å². The molecule has 152 valence electrons. The van der Waals surface area contributed by atoms with Crippen LogP contribution in [0, 0.1) is 10.1 Å². The van der Waals surface area contributed by atoms with Gasteiger partial charge < -0.3 is 15.5 Å². The molecule has 28 heavy (non-hydrogen) atoms. The van der Waals surface area contributed by atoms with E-state index in [1.807, 2.05) is 30.2 Å². The number of aryl methyl sites for hydroxylation is 1. The van der Waals surface area contributed by atoms with Gasteiger partial charge in [0.2, 0.25) is 0 Å². The number of anilines is 1. The molecule has 0 radical (unpaired) electrons. The maximum atomic E-state index is 10.9. The van der Waals surface area contributed by atoms with Crippen molar-refractivity contribution < 1.29 is 4.92 Å². The number of benzene rings is 1. The van der Waals surface area contributed by atoms with E-state index in [1.165, 1.54) is 6.07 Å². The SMILES string of the molecule is CN=C(NCc1cccc([N+](=O)[O-])c1)NC1CCCN(c2cnn(C)c2)C1.I. The fourth-order valence-electron chi connectivity index (χ4n) is 3.25. The summed E-state index contributed by atoms with van der Waals surface area (Å²) in [6, 6.07) is 6.89. The first-order chi connectivity index (χ1) is 13.0. The fourth-order valence-corrected chi connectivity index (χ4v) is 3.25. The zero-order chi connectivity index (χ0) is 19.2. The van der Waals surface area contributed by atoms with Gasteiger partial charge in [0, 0.05) is 58.1 Å². The molecule has 0 spiro atoms. The lowest BCUT2D eigenvalue weighted by Gasteiger charge is -2.34. The Balaban J connectivity index is 0.00000280. The Hall–Kier alpha value is -2.37. The molecule has 1 unspecified atom stereocenters. The van der Waals surface area contributed by atoms with Gasteiger partial charge in [-0.15, -0.1) is 24.0 Å². The second kappa shape index (κ2) is 10.2. The van der Waals surface area contributed by atoms with E-state index in [9.17, 15) is 10.1 Å².